The number of rotatable bonds is 3. The molecule has 1 aromatic carbocycles. The van der Waals surface area contributed by atoms with E-state index in [-0.39, 0.29) is 17.7 Å². The fourth-order valence-corrected chi connectivity index (χ4v) is 1.99. The third-order valence-corrected chi connectivity index (χ3v) is 3.24. The van der Waals surface area contributed by atoms with E-state index in [0.717, 1.165) is 12.1 Å². The molecule has 1 heterocycles. The van der Waals surface area contributed by atoms with Crippen LogP contribution in [0.3, 0.4) is 0 Å². The van der Waals surface area contributed by atoms with Crippen molar-refractivity contribution < 1.29 is 22.4 Å². The lowest BCUT2D eigenvalue weighted by Gasteiger charge is -2.07. The van der Waals surface area contributed by atoms with Gasteiger partial charge in [-0.1, -0.05) is 22.0 Å². The maximum atomic E-state index is 13.6. The standard InChI is InChI=1S/C14H8BrF4NO/c15-10-3-1-8(11(16)6-10)5-13(21)12-4-2-9(7-20-12)14(17,18)19/h1-4,6-7H,5H2. The molecule has 0 aliphatic heterocycles. The molecular weight excluding hydrogens is 354 g/mol. The van der Waals surface area contributed by atoms with E-state index in [1.54, 1.807) is 6.07 Å². The predicted molar refractivity (Wildman–Crippen MR) is 71.4 cm³/mol. The van der Waals surface area contributed by atoms with Crippen molar-refractivity contribution in [3.63, 3.8) is 0 Å². The molecule has 0 bridgehead atoms. The summed E-state index contributed by atoms with van der Waals surface area (Å²) in [6.07, 6.45) is -4.19. The van der Waals surface area contributed by atoms with Crippen LogP contribution < -0.4 is 0 Å². The number of carbonyl (C=O) groups excluding carboxylic acids is 1. The average Bonchev–Trinajstić information content (AvgIpc) is 2.41. The first kappa shape index (κ1) is 15.6. The zero-order valence-corrected chi connectivity index (χ0v) is 12.0. The van der Waals surface area contributed by atoms with Crippen molar-refractivity contribution >= 4 is 21.7 Å². The van der Waals surface area contributed by atoms with Gasteiger partial charge in [0.05, 0.1) is 5.56 Å². The van der Waals surface area contributed by atoms with Crippen LogP contribution in [0.5, 0.6) is 0 Å². The van der Waals surface area contributed by atoms with Crippen LogP contribution in [0.15, 0.2) is 41.0 Å². The second kappa shape index (κ2) is 5.93. The van der Waals surface area contributed by atoms with Crippen LogP contribution in [0.4, 0.5) is 17.6 Å². The van der Waals surface area contributed by atoms with Crippen LogP contribution in [0.2, 0.25) is 0 Å². The smallest absolute Gasteiger partial charge is 0.292 e. The first-order valence-electron chi connectivity index (χ1n) is 5.78. The molecule has 0 aliphatic carbocycles. The molecule has 0 aliphatic rings. The predicted octanol–water partition coefficient (Wildman–Crippen LogP) is 4.43. The van der Waals surface area contributed by atoms with Gasteiger partial charge >= 0.3 is 6.18 Å². The molecule has 0 fully saturated rings. The fourth-order valence-electron chi connectivity index (χ4n) is 1.66. The van der Waals surface area contributed by atoms with Crippen LogP contribution in [0, 0.1) is 5.82 Å². The Kier molecular flexibility index (Phi) is 4.41. The van der Waals surface area contributed by atoms with E-state index in [1.165, 1.54) is 12.1 Å². The molecule has 0 saturated heterocycles. The van der Waals surface area contributed by atoms with Crippen LogP contribution in [0.25, 0.3) is 0 Å². The Morgan fingerprint density at radius 1 is 1.19 bits per heavy atom. The highest BCUT2D eigenvalue weighted by molar-refractivity contribution is 9.10. The molecule has 7 heteroatoms. The van der Waals surface area contributed by atoms with Crippen LogP contribution in [-0.4, -0.2) is 10.8 Å². The molecular formula is C14H8BrF4NO. The molecule has 21 heavy (non-hydrogen) atoms. The van der Waals surface area contributed by atoms with E-state index in [0.29, 0.717) is 10.7 Å². The van der Waals surface area contributed by atoms with Gasteiger partial charge in [-0.25, -0.2) is 4.39 Å². The summed E-state index contributed by atoms with van der Waals surface area (Å²) in [5, 5.41) is 0. The summed E-state index contributed by atoms with van der Waals surface area (Å²) in [5.74, 6) is -1.12. The summed E-state index contributed by atoms with van der Waals surface area (Å²) in [7, 11) is 0. The van der Waals surface area contributed by atoms with Crippen LogP contribution in [0.1, 0.15) is 21.6 Å². The van der Waals surface area contributed by atoms with Crippen molar-refractivity contribution in [3.8, 4) is 0 Å². The van der Waals surface area contributed by atoms with Crippen LogP contribution >= 0.6 is 15.9 Å². The number of halogens is 5. The Labute approximate surface area is 125 Å². The molecule has 0 amide bonds. The average molecular weight is 362 g/mol. The minimum Gasteiger partial charge on any atom is -0.292 e. The Balaban J connectivity index is 2.17. The lowest BCUT2D eigenvalue weighted by molar-refractivity contribution is -0.137. The summed E-state index contributed by atoms with van der Waals surface area (Å²) >= 11 is 3.09. The van der Waals surface area contributed by atoms with E-state index in [4.69, 9.17) is 0 Å². The summed E-state index contributed by atoms with van der Waals surface area (Å²) in [6.45, 7) is 0. The molecule has 0 N–H and O–H groups in total. The second-order valence-corrected chi connectivity index (χ2v) is 5.18. The van der Waals surface area contributed by atoms with Crippen molar-refractivity contribution in [1.29, 1.82) is 0 Å². The van der Waals surface area contributed by atoms with Gasteiger partial charge in [0.2, 0.25) is 0 Å². The molecule has 0 radical (unpaired) electrons. The number of carbonyl (C=O) groups is 1. The second-order valence-electron chi connectivity index (χ2n) is 4.27. The summed E-state index contributed by atoms with van der Waals surface area (Å²) in [4.78, 5) is 15.4. The topological polar surface area (TPSA) is 30.0 Å². The van der Waals surface area contributed by atoms with E-state index >= 15 is 0 Å². The SMILES string of the molecule is O=C(Cc1ccc(Br)cc1F)c1ccc(C(F)(F)F)cn1. The van der Waals surface area contributed by atoms with Gasteiger partial charge in [0.1, 0.15) is 11.5 Å². The molecule has 2 nitrogen and oxygen atoms in total. The lowest BCUT2D eigenvalue weighted by Crippen LogP contribution is -2.10. The number of hydrogen-bond donors (Lipinski definition) is 0. The highest BCUT2D eigenvalue weighted by Gasteiger charge is 2.30. The molecule has 1 aromatic heterocycles. The molecule has 0 saturated carbocycles. The normalized spacial score (nSPS) is 11.5. The zero-order chi connectivity index (χ0) is 15.6. The quantitative estimate of drug-likeness (QED) is 0.598. The zero-order valence-electron chi connectivity index (χ0n) is 10.4. The number of Topliss-reactive ketones (excluding diaryl/α,β-unsaturated/α-hetero) is 1. The van der Waals surface area contributed by atoms with Crippen molar-refractivity contribution in [1.82, 2.24) is 4.98 Å². The molecule has 0 unspecified atom stereocenters. The molecule has 110 valence electrons. The van der Waals surface area contributed by atoms with E-state index in [2.05, 4.69) is 20.9 Å². The van der Waals surface area contributed by atoms with Crippen molar-refractivity contribution in [3.05, 3.63) is 63.6 Å². The van der Waals surface area contributed by atoms with Gasteiger partial charge < -0.3 is 0 Å². The highest BCUT2D eigenvalue weighted by Crippen LogP contribution is 2.28. The minimum absolute atomic E-state index is 0.134. The fraction of sp³-hybridized carbons (Fsp3) is 0.143. The number of ketones is 1. The molecule has 0 spiro atoms. The molecule has 2 rings (SSSR count). The summed E-state index contributed by atoms with van der Waals surface area (Å²) in [5.41, 5.74) is -0.913. The van der Waals surface area contributed by atoms with Crippen molar-refractivity contribution in [2.75, 3.05) is 0 Å². The van der Waals surface area contributed by atoms with Gasteiger partial charge in [-0.3, -0.25) is 9.78 Å². The first-order chi connectivity index (χ1) is 9.77. The van der Waals surface area contributed by atoms with Gasteiger partial charge in [-0.15, -0.1) is 0 Å². The monoisotopic (exact) mass is 361 g/mol. The largest absolute Gasteiger partial charge is 0.417 e. The number of benzene rings is 1. The third-order valence-electron chi connectivity index (χ3n) is 2.74. The van der Waals surface area contributed by atoms with Crippen LogP contribution in [-0.2, 0) is 12.6 Å². The number of hydrogen-bond acceptors (Lipinski definition) is 2. The first-order valence-corrected chi connectivity index (χ1v) is 6.57. The third kappa shape index (κ3) is 3.87. The maximum Gasteiger partial charge on any atom is 0.417 e. The number of aromatic nitrogens is 1. The Bertz CT molecular complexity index is 668. The minimum atomic E-state index is -4.51. The van der Waals surface area contributed by atoms with E-state index < -0.39 is 23.3 Å². The van der Waals surface area contributed by atoms with Gasteiger partial charge in [-0.05, 0) is 29.8 Å². The van der Waals surface area contributed by atoms with Crippen molar-refractivity contribution in [2.45, 2.75) is 12.6 Å². The summed E-state index contributed by atoms with van der Waals surface area (Å²) < 4.78 is 51.3. The Hall–Kier alpha value is -1.76. The molecule has 2 aromatic rings. The number of alkyl halides is 3. The maximum absolute atomic E-state index is 13.6. The number of pyridine rings is 1. The highest BCUT2D eigenvalue weighted by atomic mass is 79.9. The van der Waals surface area contributed by atoms with Gasteiger partial charge in [0, 0.05) is 17.1 Å². The number of nitrogens with zero attached hydrogens (tertiary/aromatic N) is 1. The Morgan fingerprint density at radius 3 is 2.43 bits per heavy atom. The van der Waals surface area contributed by atoms with Gasteiger partial charge in [0.25, 0.3) is 0 Å². The van der Waals surface area contributed by atoms with Gasteiger partial charge in [0.15, 0.2) is 5.78 Å². The Morgan fingerprint density at radius 2 is 1.90 bits per heavy atom. The van der Waals surface area contributed by atoms with Crippen molar-refractivity contribution in [2.24, 2.45) is 0 Å². The van der Waals surface area contributed by atoms with E-state index in [1.807, 2.05) is 0 Å². The molecule has 0 atom stereocenters. The van der Waals surface area contributed by atoms with E-state index in [9.17, 15) is 22.4 Å². The summed E-state index contributed by atoms with van der Waals surface area (Å²) in [6, 6.07) is 5.98. The van der Waals surface area contributed by atoms with Gasteiger partial charge in [-0.2, -0.15) is 13.2 Å². The lowest BCUT2D eigenvalue weighted by atomic mass is 10.1.